The van der Waals surface area contributed by atoms with Gasteiger partial charge in [-0.15, -0.1) is 0 Å². The standard InChI is InChI=1S/C13H12F3N3O2/c1-7-6-21-12(18-7)19-11(20)9-5-8(13(14,15)16)3-4-10(9)17-2/h3-6,17H,1-2H3,(H,18,19,20). The molecule has 0 unspecified atom stereocenters. The first kappa shape index (κ1) is 14.9. The summed E-state index contributed by atoms with van der Waals surface area (Å²) in [5, 5.41) is 4.98. The average molecular weight is 299 g/mol. The molecule has 0 aliphatic carbocycles. The number of aryl methyl sites for hydroxylation is 1. The van der Waals surface area contributed by atoms with Crippen molar-refractivity contribution in [3.63, 3.8) is 0 Å². The zero-order valence-corrected chi connectivity index (χ0v) is 11.2. The molecule has 0 saturated carbocycles. The fraction of sp³-hybridized carbons (Fsp3) is 0.231. The summed E-state index contributed by atoms with van der Waals surface area (Å²) in [7, 11) is 1.51. The molecule has 112 valence electrons. The van der Waals surface area contributed by atoms with E-state index in [9.17, 15) is 18.0 Å². The van der Waals surface area contributed by atoms with E-state index in [2.05, 4.69) is 15.6 Å². The lowest BCUT2D eigenvalue weighted by Gasteiger charge is -2.12. The first-order chi connectivity index (χ1) is 9.81. The Hall–Kier alpha value is -2.51. The number of anilines is 2. The van der Waals surface area contributed by atoms with Crippen LogP contribution in [-0.2, 0) is 6.18 Å². The number of benzene rings is 1. The number of aromatic nitrogens is 1. The van der Waals surface area contributed by atoms with Crippen molar-refractivity contribution in [1.82, 2.24) is 4.98 Å². The monoisotopic (exact) mass is 299 g/mol. The molecule has 2 rings (SSSR count). The van der Waals surface area contributed by atoms with Crippen LogP contribution in [0, 0.1) is 6.92 Å². The van der Waals surface area contributed by atoms with Crippen LogP contribution in [0.5, 0.6) is 0 Å². The van der Waals surface area contributed by atoms with E-state index in [0.29, 0.717) is 5.69 Å². The minimum Gasteiger partial charge on any atom is -0.432 e. The molecular weight excluding hydrogens is 287 g/mol. The second kappa shape index (κ2) is 5.47. The highest BCUT2D eigenvalue weighted by Gasteiger charge is 2.31. The van der Waals surface area contributed by atoms with E-state index in [-0.39, 0.29) is 17.3 Å². The SMILES string of the molecule is CNc1ccc(C(F)(F)F)cc1C(=O)Nc1nc(C)co1. The van der Waals surface area contributed by atoms with Crippen molar-refractivity contribution in [3.8, 4) is 0 Å². The summed E-state index contributed by atoms with van der Waals surface area (Å²) in [6.45, 7) is 1.66. The van der Waals surface area contributed by atoms with Crippen molar-refractivity contribution in [2.75, 3.05) is 17.7 Å². The molecule has 1 aromatic heterocycles. The van der Waals surface area contributed by atoms with Gasteiger partial charge in [0.05, 0.1) is 16.8 Å². The average Bonchev–Trinajstić information content (AvgIpc) is 2.82. The topological polar surface area (TPSA) is 67.2 Å². The summed E-state index contributed by atoms with van der Waals surface area (Å²) >= 11 is 0. The minimum atomic E-state index is -4.53. The number of nitrogens with zero attached hydrogens (tertiary/aromatic N) is 1. The molecule has 0 aliphatic rings. The molecule has 1 heterocycles. The molecule has 2 N–H and O–H groups in total. The summed E-state index contributed by atoms with van der Waals surface area (Å²) in [6.07, 6.45) is -3.21. The second-order valence-corrected chi connectivity index (χ2v) is 4.26. The maximum absolute atomic E-state index is 12.7. The van der Waals surface area contributed by atoms with Gasteiger partial charge in [-0.2, -0.15) is 18.2 Å². The Kier molecular flexibility index (Phi) is 3.88. The Morgan fingerprint density at radius 1 is 1.33 bits per heavy atom. The lowest BCUT2D eigenvalue weighted by molar-refractivity contribution is -0.137. The molecule has 1 aromatic carbocycles. The Balaban J connectivity index is 2.34. The van der Waals surface area contributed by atoms with Crippen molar-refractivity contribution in [2.45, 2.75) is 13.1 Å². The van der Waals surface area contributed by atoms with Gasteiger partial charge < -0.3 is 9.73 Å². The Morgan fingerprint density at radius 3 is 2.57 bits per heavy atom. The van der Waals surface area contributed by atoms with Gasteiger partial charge in [0, 0.05) is 12.7 Å². The van der Waals surface area contributed by atoms with Gasteiger partial charge in [0.15, 0.2) is 0 Å². The van der Waals surface area contributed by atoms with E-state index in [1.54, 1.807) is 6.92 Å². The van der Waals surface area contributed by atoms with E-state index < -0.39 is 17.6 Å². The fourth-order valence-electron chi connectivity index (χ4n) is 1.70. The fourth-order valence-corrected chi connectivity index (χ4v) is 1.70. The highest BCUT2D eigenvalue weighted by atomic mass is 19.4. The molecule has 2 aromatic rings. The zero-order chi connectivity index (χ0) is 15.6. The largest absolute Gasteiger partial charge is 0.432 e. The van der Waals surface area contributed by atoms with E-state index in [1.807, 2.05) is 0 Å². The third-order valence-corrected chi connectivity index (χ3v) is 2.70. The molecule has 5 nitrogen and oxygen atoms in total. The van der Waals surface area contributed by atoms with Crippen LogP contribution in [0.2, 0.25) is 0 Å². The highest BCUT2D eigenvalue weighted by molar-refractivity contribution is 6.07. The summed E-state index contributed by atoms with van der Waals surface area (Å²) in [4.78, 5) is 15.9. The molecule has 0 fully saturated rings. The number of alkyl halides is 3. The van der Waals surface area contributed by atoms with Crippen LogP contribution in [0.3, 0.4) is 0 Å². The molecular formula is C13H12F3N3O2. The van der Waals surface area contributed by atoms with Gasteiger partial charge in [0.1, 0.15) is 6.26 Å². The highest BCUT2D eigenvalue weighted by Crippen LogP contribution is 2.32. The number of hydrogen-bond donors (Lipinski definition) is 2. The van der Waals surface area contributed by atoms with Crippen molar-refractivity contribution in [1.29, 1.82) is 0 Å². The van der Waals surface area contributed by atoms with Crippen LogP contribution in [0.15, 0.2) is 28.9 Å². The number of nitrogens with one attached hydrogen (secondary N) is 2. The van der Waals surface area contributed by atoms with Gasteiger partial charge in [-0.05, 0) is 25.1 Å². The summed E-state index contributed by atoms with van der Waals surface area (Å²) < 4.78 is 43.1. The Bertz CT molecular complexity index is 665. The Morgan fingerprint density at radius 2 is 2.05 bits per heavy atom. The smallest absolute Gasteiger partial charge is 0.416 e. The van der Waals surface area contributed by atoms with Gasteiger partial charge in [-0.1, -0.05) is 0 Å². The molecule has 8 heteroatoms. The summed E-state index contributed by atoms with van der Waals surface area (Å²) in [6, 6.07) is 2.80. The summed E-state index contributed by atoms with van der Waals surface area (Å²) in [5.41, 5.74) is -0.245. The van der Waals surface area contributed by atoms with Crippen LogP contribution < -0.4 is 10.6 Å². The first-order valence-corrected chi connectivity index (χ1v) is 5.93. The third-order valence-electron chi connectivity index (χ3n) is 2.70. The van der Waals surface area contributed by atoms with E-state index in [1.165, 1.54) is 19.4 Å². The predicted octanol–water partition coefficient (Wildman–Crippen LogP) is 3.30. The number of rotatable bonds is 3. The molecule has 0 bridgehead atoms. The first-order valence-electron chi connectivity index (χ1n) is 5.93. The van der Waals surface area contributed by atoms with Crippen LogP contribution in [0.25, 0.3) is 0 Å². The number of amides is 1. The number of hydrogen-bond acceptors (Lipinski definition) is 4. The Labute approximate surface area is 118 Å². The lowest BCUT2D eigenvalue weighted by atomic mass is 10.1. The minimum absolute atomic E-state index is 0.0723. The van der Waals surface area contributed by atoms with Gasteiger partial charge >= 0.3 is 12.2 Å². The maximum atomic E-state index is 12.7. The van der Waals surface area contributed by atoms with Gasteiger partial charge in [-0.25, -0.2) is 0 Å². The van der Waals surface area contributed by atoms with Crippen LogP contribution in [-0.4, -0.2) is 17.9 Å². The van der Waals surface area contributed by atoms with Crippen LogP contribution in [0.4, 0.5) is 24.9 Å². The lowest BCUT2D eigenvalue weighted by Crippen LogP contribution is -2.16. The molecule has 0 atom stereocenters. The number of carbonyl (C=O) groups excluding carboxylic acids is 1. The second-order valence-electron chi connectivity index (χ2n) is 4.26. The molecule has 0 saturated heterocycles. The van der Waals surface area contributed by atoms with Crippen LogP contribution in [0.1, 0.15) is 21.6 Å². The quantitative estimate of drug-likeness (QED) is 0.912. The molecule has 0 spiro atoms. The predicted molar refractivity (Wildman–Crippen MR) is 70.2 cm³/mol. The number of oxazole rings is 1. The maximum Gasteiger partial charge on any atom is 0.416 e. The molecule has 1 amide bonds. The number of carbonyl (C=O) groups is 1. The van der Waals surface area contributed by atoms with Crippen molar-refractivity contribution in [3.05, 3.63) is 41.3 Å². The van der Waals surface area contributed by atoms with Gasteiger partial charge in [0.25, 0.3) is 5.91 Å². The van der Waals surface area contributed by atoms with Crippen molar-refractivity contribution < 1.29 is 22.4 Å². The number of halogens is 3. The van der Waals surface area contributed by atoms with E-state index >= 15 is 0 Å². The van der Waals surface area contributed by atoms with Gasteiger partial charge in [0.2, 0.25) is 0 Å². The van der Waals surface area contributed by atoms with Crippen LogP contribution >= 0.6 is 0 Å². The molecule has 0 aliphatic heterocycles. The third kappa shape index (κ3) is 3.33. The van der Waals surface area contributed by atoms with E-state index in [0.717, 1.165) is 12.1 Å². The zero-order valence-electron chi connectivity index (χ0n) is 11.2. The van der Waals surface area contributed by atoms with Crippen molar-refractivity contribution in [2.24, 2.45) is 0 Å². The normalized spacial score (nSPS) is 11.3. The molecule has 21 heavy (non-hydrogen) atoms. The van der Waals surface area contributed by atoms with Gasteiger partial charge in [-0.3, -0.25) is 10.1 Å². The summed E-state index contributed by atoms with van der Waals surface area (Å²) in [5.74, 6) is -0.743. The van der Waals surface area contributed by atoms with Crippen molar-refractivity contribution >= 4 is 17.6 Å². The van der Waals surface area contributed by atoms with E-state index in [4.69, 9.17) is 4.42 Å². The molecule has 0 radical (unpaired) electrons.